The first-order chi connectivity index (χ1) is 12.0. The maximum atomic E-state index is 13.5. The number of nitrogens with one attached hydrogen (secondary N) is 2. The van der Waals surface area contributed by atoms with E-state index in [2.05, 4.69) is 10.6 Å². The van der Waals surface area contributed by atoms with E-state index in [1.165, 1.54) is 20.2 Å². The monoisotopic (exact) mass is 348 g/mol. The fraction of sp³-hybridized carbons (Fsp3) is 0.222. The zero-order valence-electron chi connectivity index (χ0n) is 13.8. The fourth-order valence-corrected chi connectivity index (χ4v) is 2.37. The summed E-state index contributed by atoms with van der Waals surface area (Å²) in [7, 11) is 2.89. The standard InChI is InChI=1S/C18H18F2N2O3/c1-21-18(24)16(11-7-8-14(19)15(20)9-11)22-17(23)13-6-4-3-5-12(13)10-25-2/h3-9,16H,10H2,1-2H3,(H,21,24)(H,22,23). The van der Waals surface area contributed by atoms with E-state index in [9.17, 15) is 18.4 Å². The molecule has 0 bridgehead atoms. The lowest BCUT2D eigenvalue weighted by atomic mass is 10.0. The molecule has 0 saturated carbocycles. The van der Waals surface area contributed by atoms with Crippen molar-refractivity contribution in [3.63, 3.8) is 0 Å². The van der Waals surface area contributed by atoms with Crippen molar-refractivity contribution in [2.24, 2.45) is 0 Å². The number of carbonyl (C=O) groups excluding carboxylic acids is 2. The van der Waals surface area contributed by atoms with E-state index < -0.39 is 29.5 Å². The zero-order chi connectivity index (χ0) is 18.4. The molecule has 132 valence electrons. The highest BCUT2D eigenvalue weighted by atomic mass is 19.2. The second kappa shape index (κ2) is 8.34. The molecule has 0 aliphatic carbocycles. The molecule has 0 radical (unpaired) electrons. The predicted octanol–water partition coefficient (Wildman–Crippen LogP) is 2.33. The number of hydrogen-bond acceptors (Lipinski definition) is 3. The topological polar surface area (TPSA) is 67.4 Å². The lowest BCUT2D eigenvalue weighted by molar-refractivity contribution is -0.122. The molecule has 25 heavy (non-hydrogen) atoms. The number of benzene rings is 2. The van der Waals surface area contributed by atoms with Gasteiger partial charge in [-0.2, -0.15) is 0 Å². The molecule has 2 N–H and O–H groups in total. The molecule has 0 fully saturated rings. The van der Waals surface area contributed by atoms with Gasteiger partial charge in [-0.25, -0.2) is 8.78 Å². The molecule has 1 atom stereocenters. The van der Waals surface area contributed by atoms with Crippen LogP contribution in [0.3, 0.4) is 0 Å². The third kappa shape index (κ3) is 4.39. The van der Waals surface area contributed by atoms with Crippen molar-refractivity contribution in [2.75, 3.05) is 14.2 Å². The van der Waals surface area contributed by atoms with Gasteiger partial charge in [-0.1, -0.05) is 24.3 Å². The Kier molecular flexibility index (Phi) is 6.19. The van der Waals surface area contributed by atoms with Gasteiger partial charge in [0.15, 0.2) is 11.6 Å². The Morgan fingerprint density at radius 2 is 1.84 bits per heavy atom. The Balaban J connectivity index is 2.33. The molecule has 0 aliphatic rings. The summed E-state index contributed by atoms with van der Waals surface area (Å²) in [6.45, 7) is 0.222. The van der Waals surface area contributed by atoms with Gasteiger partial charge in [-0.3, -0.25) is 9.59 Å². The van der Waals surface area contributed by atoms with Crippen LogP contribution < -0.4 is 10.6 Å². The van der Waals surface area contributed by atoms with Crippen LogP contribution in [0.4, 0.5) is 8.78 Å². The Morgan fingerprint density at radius 3 is 2.48 bits per heavy atom. The van der Waals surface area contributed by atoms with Crippen LogP contribution in [0.2, 0.25) is 0 Å². The Bertz CT molecular complexity index is 781. The van der Waals surface area contributed by atoms with E-state index in [1.807, 2.05) is 0 Å². The molecule has 0 aliphatic heterocycles. The van der Waals surface area contributed by atoms with Crippen molar-refractivity contribution < 1.29 is 23.1 Å². The zero-order valence-corrected chi connectivity index (χ0v) is 13.8. The Labute approximate surface area is 144 Å². The normalized spacial score (nSPS) is 11.7. The number of ether oxygens (including phenoxy) is 1. The number of rotatable bonds is 6. The summed E-state index contributed by atoms with van der Waals surface area (Å²) in [4.78, 5) is 24.7. The average molecular weight is 348 g/mol. The summed E-state index contributed by atoms with van der Waals surface area (Å²) in [5.74, 6) is -3.20. The van der Waals surface area contributed by atoms with Gasteiger partial charge in [0.05, 0.1) is 6.61 Å². The SMILES string of the molecule is CNC(=O)C(NC(=O)c1ccccc1COC)c1ccc(F)c(F)c1. The molecule has 0 saturated heterocycles. The van der Waals surface area contributed by atoms with E-state index in [1.54, 1.807) is 24.3 Å². The van der Waals surface area contributed by atoms with Gasteiger partial charge in [0.1, 0.15) is 6.04 Å². The van der Waals surface area contributed by atoms with Gasteiger partial charge in [-0.15, -0.1) is 0 Å². The van der Waals surface area contributed by atoms with Crippen LogP contribution in [0.1, 0.15) is 27.5 Å². The second-order valence-corrected chi connectivity index (χ2v) is 5.28. The summed E-state index contributed by atoms with van der Waals surface area (Å²) < 4.78 is 31.7. The van der Waals surface area contributed by atoms with E-state index in [0.717, 1.165) is 12.1 Å². The van der Waals surface area contributed by atoms with Crippen LogP contribution in [0.15, 0.2) is 42.5 Å². The Morgan fingerprint density at radius 1 is 1.12 bits per heavy atom. The van der Waals surface area contributed by atoms with Crippen molar-refractivity contribution in [3.05, 3.63) is 70.8 Å². The van der Waals surface area contributed by atoms with Crippen LogP contribution in [-0.2, 0) is 16.1 Å². The molecule has 0 aromatic heterocycles. The maximum Gasteiger partial charge on any atom is 0.252 e. The van der Waals surface area contributed by atoms with Crippen molar-refractivity contribution in [3.8, 4) is 0 Å². The first-order valence-corrected chi connectivity index (χ1v) is 7.52. The van der Waals surface area contributed by atoms with Crippen molar-refractivity contribution >= 4 is 11.8 Å². The number of methoxy groups -OCH3 is 1. The quantitative estimate of drug-likeness (QED) is 0.842. The molecule has 0 spiro atoms. The molecule has 2 aromatic carbocycles. The van der Waals surface area contributed by atoms with E-state index in [-0.39, 0.29) is 12.2 Å². The number of halogens is 2. The van der Waals surface area contributed by atoms with Gasteiger partial charge < -0.3 is 15.4 Å². The third-order valence-corrected chi connectivity index (χ3v) is 3.62. The lowest BCUT2D eigenvalue weighted by Gasteiger charge is -2.19. The van der Waals surface area contributed by atoms with Crippen LogP contribution >= 0.6 is 0 Å². The first-order valence-electron chi connectivity index (χ1n) is 7.52. The first kappa shape index (κ1) is 18.5. The average Bonchev–Trinajstić information content (AvgIpc) is 2.62. The van der Waals surface area contributed by atoms with Gasteiger partial charge in [-0.05, 0) is 29.3 Å². The van der Waals surface area contributed by atoms with E-state index in [4.69, 9.17) is 4.74 Å². The number of hydrogen-bond donors (Lipinski definition) is 2. The molecule has 7 heteroatoms. The molecule has 2 aromatic rings. The minimum absolute atomic E-state index is 0.135. The van der Waals surface area contributed by atoms with Crippen molar-refractivity contribution in [1.29, 1.82) is 0 Å². The Hall–Kier alpha value is -2.80. The molecule has 1 unspecified atom stereocenters. The van der Waals surface area contributed by atoms with Gasteiger partial charge >= 0.3 is 0 Å². The molecule has 0 heterocycles. The summed E-state index contributed by atoms with van der Waals surface area (Å²) in [5.41, 5.74) is 1.11. The van der Waals surface area contributed by atoms with E-state index in [0.29, 0.717) is 11.1 Å². The summed E-state index contributed by atoms with van der Waals surface area (Å²) in [6.07, 6.45) is 0. The second-order valence-electron chi connectivity index (χ2n) is 5.28. The number of likely N-dealkylation sites (N-methyl/N-ethyl adjacent to an activating group) is 1. The lowest BCUT2D eigenvalue weighted by Crippen LogP contribution is -2.39. The van der Waals surface area contributed by atoms with Crippen LogP contribution in [0, 0.1) is 11.6 Å². The highest BCUT2D eigenvalue weighted by molar-refractivity contribution is 5.98. The fourth-order valence-electron chi connectivity index (χ4n) is 2.37. The smallest absolute Gasteiger partial charge is 0.252 e. The van der Waals surface area contributed by atoms with Crippen LogP contribution in [0.5, 0.6) is 0 Å². The number of carbonyl (C=O) groups is 2. The van der Waals surface area contributed by atoms with E-state index >= 15 is 0 Å². The van der Waals surface area contributed by atoms with Crippen molar-refractivity contribution in [2.45, 2.75) is 12.6 Å². The largest absolute Gasteiger partial charge is 0.380 e. The van der Waals surface area contributed by atoms with Crippen molar-refractivity contribution in [1.82, 2.24) is 10.6 Å². The maximum absolute atomic E-state index is 13.5. The molecule has 2 rings (SSSR count). The minimum atomic E-state index is -1.16. The summed E-state index contributed by atoms with van der Waals surface area (Å²) in [6, 6.07) is 8.64. The van der Waals surface area contributed by atoms with Gasteiger partial charge in [0, 0.05) is 19.7 Å². The molecular weight excluding hydrogens is 330 g/mol. The van der Waals surface area contributed by atoms with Gasteiger partial charge in [0.2, 0.25) is 5.91 Å². The van der Waals surface area contributed by atoms with Crippen LogP contribution in [-0.4, -0.2) is 26.0 Å². The molecule has 2 amide bonds. The predicted molar refractivity (Wildman–Crippen MR) is 87.8 cm³/mol. The highest BCUT2D eigenvalue weighted by Crippen LogP contribution is 2.18. The highest BCUT2D eigenvalue weighted by Gasteiger charge is 2.24. The third-order valence-electron chi connectivity index (χ3n) is 3.62. The summed E-state index contributed by atoms with van der Waals surface area (Å²) >= 11 is 0. The number of amides is 2. The summed E-state index contributed by atoms with van der Waals surface area (Å²) in [5, 5.41) is 4.95. The van der Waals surface area contributed by atoms with Gasteiger partial charge in [0.25, 0.3) is 5.91 Å². The van der Waals surface area contributed by atoms with Crippen LogP contribution in [0.25, 0.3) is 0 Å². The molecule has 5 nitrogen and oxygen atoms in total. The minimum Gasteiger partial charge on any atom is -0.380 e. The molecular formula is C18H18F2N2O3.